The Balaban J connectivity index is 1.86. The Morgan fingerprint density at radius 1 is 1.31 bits per heavy atom. The van der Waals surface area contributed by atoms with E-state index in [1.165, 1.54) is 56.7 Å². The van der Waals surface area contributed by atoms with Crippen molar-refractivity contribution in [2.24, 2.45) is 0 Å². The minimum Gasteiger partial charge on any atom is -0.335 e. The first-order chi connectivity index (χ1) is 7.88. The van der Waals surface area contributed by atoms with E-state index in [1.54, 1.807) is 0 Å². The van der Waals surface area contributed by atoms with Crippen molar-refractivity contribution in [3.8, 4) is 0 Å². The molecule has 0 aromatic carbocycles. The van der Waals surface area contributed by atoms with E-state index >= 15 is 0 Å². The van der Waals surface area contributed by atoms with Crippen molar-refractivity contribution < 1.29 is 0 Å². The molecule has 1 fully saturated rings. The maximum Gasteiger partial charge on any atom is 0.109 e. The lowest BCUT2D eigenvalue weighted by molar-refractivity contribution is 0.267. The largest absolute Gasteiger partial charge is 0.335 e. The van der Waals surface area contributed by atoms with Crippen LogP contribution < -0.4 is 0 Å². The van der Waals surface area contributed by atoms with E-state index in [0.717, 1.165) is 6.54 Å². The number of aryl methyl sites for hydroxylation is 2. The molecular weight excluding hydrogens is 198 g/mol. The number of hydrogen-bond acceptors (Lipinski definition) is 2. The van der Waals surface area contributed by atoms with Gasteiger partial charge in [-0.1, -0.05) is 6.92 Å². The number of rotatable bonds is 2. The molecule has 3 rings (SSSR count). The summed E-state index contributed by atoms with van der Waals surface area (Å²) < 4.78 is 2.38. The van der Waals surface area contributed by atoms with Gasteiger partial charge in [-0.15, -0.1) is 0 Å². The van der Waals surface area contributed by atoms with Gasteiger partial charge in [0, 0.05) is 19.2 Å². The summed E-state index contributed by atoms with van der Waals surface area (Å²) in [6.07, 6.45) is 8.76. The van der Waals surface area contributed by atoms with E-state index in [-0.39, 0.29) is 0 Å². The Bertz CT molecular complexity index is 346. The molecule has 0 radical (unpaired) electrons. The Morgan fingerprint density at radius 3 is 3.06 bits per heavy atom. The van der Waals surface area contributed by atoms with E-state index < -0.39 is 0 Å². The Morgan fingerprint density at radius 2 is 2.25 bits per heavy atom. The van der Waals surface area contributed by atoms with Gasteiger partial charge in [0.1, 0.15) is 5.82 Å². The van der Waals surface area contributed by atoms with Crippen LogP contribution >= 0.6 is 0 Å². The molecule has 0 amide bonds. The molecule has 3 heterocycles. The molecule has 0 saturated carbocycles. The molecular formula is C13H21N3. The third-order valence-electron chi connectivity index (χ3n) is 4.04. The predicted molar refractivity (Wildman–Crippen MR) is 64.4 cm³/mol. The molecule has 3 heteroatoms. The molecule has 2 aliphatic rings. The van der Waals surface area contributed by atoms with E-state index in [2.05, 4.69) is 22.6 Å². The van der Waals surface area contributed by atoms with Gasteiger partial charge in [-0.25, -0.2) is 4.98 Å². The molecule has 1 aromatic heterocycles. The fourth-order valence-electron chi connectivity index (χ4n) is 3.13. The Kier molecular flexibility index (Phi) is 2.72. The van der Waals surface area contributed by atoms with Crippen LogP contribution in [0.1, 0.15) is 50.2 Å². The fraction of sp³-hybridized carbons (Fsp3) is 0.769. The van der Waals surface area contributed by atoms with E-state index in [4.69, 9.17) is 4.98 Å². The Labute approximate surface area is 97.5 Å². The summed E-state index contributed by atoms with van der Waals surface area (Å²) in [4.78, 5) is 7.42. The third-order valence-corrected chi connectivity index (χ3v) is 4.04. The van der Waals surface area contributed by atoms with Crippen molar-refractivity contribution in [2.45, 2.75) is 51.6 Å². The van der Waals surface area contributed by atoms with Crippen LogP contribution in [0.25, 0.3) is 0 Å². The lowest BCUT2D eigenvalue weighted by Gasteiger charge is -2.20. The molecule has 1 saturated heterocycles. The highest BCUT2D eigenvalue weighted by atomic mass is 15.2. The van der Waals surface area contributed by atoms with Crippen LogP contribution in [0.5, 0.6) is 0 Å². The first-order valence-electron chi connectivity index (χ1n) is 6.68. The average molecular weight is 219 g/mol. The summed E-state index contributed by atoms with van der Waals surface area (Å²) >= 11 is 0. The van der Waals surface area contributed by atoms with Crippen LogP contribution in [0.15, 0.2) is 6.20 Å². The van der Waals surface area contributed by atoms with Crippen molar-refractivity contribution in [2.75, 3.05) is 13.1 Å². The molecule has 2 aliphatic heterocycles. The van der Waals surface area contributed by atoms with Crippen LogP contribution in [0.2, 0.25) is 0 Å². The van der Waals surface area contributed by atoms with Gasteiger partial charge in [0.25, 0.3) is 0 Å². The number of fused-ring (bicyclic) bond motifs is 1. The lowest BCUT2D eigenvalue weighted by Crippen LogP contribution is -2.22. The molecule has 3 nitrogen and oxygen atoms in total. The van der Waals surface area contributed by atoms with Gasteiger partial charge in [0.2, 0.25) is 0 Å². The first-order valence-corrected chi connectivity index (χ1v) is 6.68. The van der Waals surface area contributed by atoms with Crippen LogP contribution in [-0.4, -0.2) is 27.5 Å². The van der Waals surface area contributed by atoms with Crippen LogP contribution in [0, 0.1) is 0 Å². The highest BCUT2D eigenvalue weighted by Gasteiger charge is 2.27. The van der Waals surface area contributed by atoms with E-state index in [9.17, 15) is 0 Å². The van der Waals surface area contributed by atoms with Gasteiger partial charge in [-0.2, -0.15) is 0 Å². The minimum absolute atomic E-state index is 0.600. The molecule has 88 valence electrons. The number of aromatic nitrogens is 2. The topological polar surface area (TPSA) is 21.1 Å². The van der Waals surface area contributed by atoms with E-state index in [0.29, 0.717) is 6.04 Å². The molecule has 1 unspecified atom stereocenters. The fourth-order valence-corrected chi connectivity index (χ4v) is 3.13. The molecule has 0 aliphatic carbocycles. The number of imidazole rings is 1. The molecule has 0 N–H and O–H groups in total. The number of likely N-dealkylation sites (tertiary alicyclic amines) is 1. The molecule has 0 spiro atoms. The van der Waals surface area contributed by atoms with Crippen molar-refractivity contribution in [3.05, 3.63) is 17.7 Å². The highest BCUT2D eigenvalue weighted by molar-refractivity contribution is 5.12. The molecule has 16 heavy (non-hydrogen) atoms. The van der Waals surface area contributed by atoms with Gasteiger partial charge < -0.3 is 4.57 Å². The van der Waals surface area contributed by atoms with Gasteiger partial charge in [-0.05, 0) is 38.8 Å². The molecule has 0 bridgehead atoms. The van der Waals surface area contributed by atoms with Gasteiger partial charge >= 0.3 is 0 Å². The monoisotopic (exact) mass is 219 g/mol. The molecule has 1 aromatic rings. The number of hydrogen-bond donors (Lipinski definition) is 0. The van der Waals surface area contributed by atoms with Crippen molar-refractivity contribution in [3.63, 3.8) is 0 Å². The van der Waals surface area contributed by atoms with Gasteiger partial charge in [-0.3, -0.25) is 4.90 Å². The summed E-state index contributed by atoms with van der Waals surface area (Å²) in [5.41, 5.74) is 1.33. The summed E-state index contributed by atoms with van der Waals surface area (Å²) in [6, 6.07) is 0.600. The second-order valence-electron chi connectivity index (χ2n) is 5.02. The quantitative estimate of drug-likeness (QED) is 0.761. The SMILES string of the molecule is CCN1CCCC1c1cn2c(n1)CCCC2. The summed E-state index contributed by atoms with van der Waals surface area (Å²) in [5.74, 6) is 1.32. The smallest absolute Gasteiger partial charge is 0.109 e. The maximum atomic E-state index is 4.85. The number of nitrogens with zero attached hydrogens (tertiary/aromatic N) is 3. The summed E-state index contributed by atoms with van der Waals surface area (Å²) in [6.45, 7) is 5.85. The second-order valence-corrected chi connectivity index (χ2v) is 5.02. The summed E-state index contributed by atoms with van der Waals surface area (Å²) in [5, 5.41) is 0. The lowest BCUT2D eigenvalue weighted by atomic mass is 10.1. The van der Waals surface area contributed by atoms with Gasteiger partial charge in [0.05, 0.1) is 11.7 Å². The Hall–Kier alpha value is -0.830. The van der Waals surface area contributed by atoms with Gasteiger partial charge in [0.15, 0.2) is 0 Å². The zero-order valence-corrected chi connectivity index (χ0v) is 10.2. The average Bonchev–Trinajstić information content (AvgIpc) is 2.94. The zero-order chi connectivity index (χ0) is 11.0. The van der Waals surface area contributed by atoms with Crippen molar-refractivity contribution in [1.29, 1.82) is 0 Å². The van der Waals surface area contributed by atoms with Crippen molar-refractivity contribution in [1.82, 2.24) is 14.5 Å². The third kappa shape index (κ3) is 1.67. The van der Waals surface area contributed by atoms with Crippen LogP contribution in [0.4, 0.5) is 0 Å². The van der Waals surface area contributed by atoms with Crippen molar-refractivity contribution >= 4 is 0 Å². The van der Waals surface area contributed by atoms with Crippen LogP contribution in [0.3, 0.4) is 0 Å². The summed E-state index contributed by atoms with van der Waals surface area (Å²) in [7, 11) is 0. The maximum absolute atomic E-state index is 4.85. The first kappa shape index (κ1) is 10.3. The molecule has 1 atom stereocenters. The second kappa shape index (κ2) is 4.21. The minimum atomic E-state index is 0.600. The van der Waals surface area contributed by atoms with Crippen LogP contribution in [-0.2, 0) is 13.0 Å². The normalized spacial score (nSPS) is 25.9. The predicted octanol–water partition coefficient (Wildman–Crippen LogP) is 2.38. The standard InChI is InChI=1S/C13H21N3/c1-2-15-9-5-6-12(15)11-10-16-8-4-3-7-13(16)14-11/h10,12H,2-9H2,1H3. The van der Waals surface area contributed by atoms with E-state index in [1.807, 2.05) is 0 Å². The highest BCUT2D eigenvalue weighted by Crippen LogP contribution is 2.31. The zero-order valence-electron chi connectivity index (χ0n) is 10.2.